The molecule has 0 amide bonds. The number of sulfone groups is 1. The fraction of sp³-hybridized carbons (Fsp3) is 0.625. The summed E-state index contributed by atoms with van der Waals surface area (Å²) in [5.74, 6) is -0.278. The van der Waals surface area contributed by atoms with Crippen LogP contribution in [0.4, 0.5) is 4.39 Å². The van der Waals surface area contributed by atoms with Gasteiger partial charge in [-0.25, -0.2) is 12.8 Å². The van der Waals surface area contributed by atoms with Gasteiger partial charge in [-0.05, 0) is 42.9 Å². The van der Waals surface area contributed by atoms with Crippen molar-refractivity contribution in [2.45, 2.75) is 36.9 Å². The lowest BCUT2D eigenvalue weighted by atomic mass is 9.66. The van der Waals surface area contributed by atoms with E-state index in [-0.39, 0.29) is 22.4 Å². The first kappa shape index (κ1) is 15.0. The van der Waals surface area contributed by atoms with Gasteiger partial charge < -0.3 is 5.32 Å². The number of benzene rings is 1. The second-order valence-electron chi connectivity index (χ2n) is 6.47. The highest BCUT2D eigenvalue weighted by atomic mass is 32.2. The van der Waals surface area contributed by atoms with Crippen molar-refractivity contribution in [1.29, 1.82) is 0 Å². The zero-order chi connectivity index (χ0) is 15.1. The summed E-state index contributed by atoms with van der Waals surface area (Å²) < 4.78 is 38.8. The molecule has 1 saturated carbocycles. The van der Waals surface area contributed by atoms with E-state index in [4.69, 9.17) is 0 Å². The van der Waals surface area contributed by atoms with Gasteiger partial charge in [0, 0.05) is 18.7 Å². The van der Waals surface area contributed by atoms with Crippen LogP contribution in [0.25, 0.3) is 0 Å². The summed E-state index contributed by atoms with van der Waals surface area (Å²) in [6.07, 6.45) is 4.66. The normalized spacial score (nSPS) is 33.4. The Morgan fingerprint density at radius 1 is 1.29 bits per heavy atom. The molecule has 1 saturated heterocycles. The minimum Gasteiger partial charge on any atom is -0.316 e. The van der Waals surface area contributed by atoms with Gasteiger partial charge in [-0.1, -0.05) is 24.6 Å². The lowest BCUT2D eigenvalue weighted by Crippen LogP contribution is -2.50. The van der Waals surface area contributed by atoms with Crippen LogP contribution in [0.1, 0.15) is 37.2 Å². The van der Waals surface area contributed by atoms with Crippen LogP contribution in [0.15, 0.2) is 24.3 Å². The maximum Gasteiger partial charge on any atom is 0.150 e. The van der Waals surface area contributed by atoms with Gasteiger partial charge in [0.1, 0.15) is 5.82 Å². The molecule has 3 atom stereocenters. The minimum absolute atomic E-state index is 0.0605. The highest BCUT2D eigenvalue weighted by molar-refractivity contribution is 7.91. The zero-order valence-corrected chi connectivity index (χ0v) is 13.1. The first-order valence-corrected chi connectivity index (χ1v) is 9.54. The molecule has 1 N–H and O–H groups in total. The molecule has 1 aliphatic heterocycles. The van der Waals surface area contributed by atoms with Crippen molar-refractivity contribution in [2.75, 3.05) is 19.3 Å². The molecular weight excluding hydrogens is 289 g/mol. The molecule has 0 aromatic heterocycles. The van der Waals surface area contributed by atoms with Crippen molar-refractivity contribution in [3.8, 4) is 0 Å². The predicted octanol–water partition coefficient (Wildman–Crippen LogP) is 2.49. The van der Waals surface area contributed by atoms with Crippen molar-refractivity contribution in [3.63, 3.8) is 0 Å². The Kier molecular flexibility index (Phi) is 3.82. The number of hydrogen-bond acceptors (Lipinski definition) is 3. The first-order valence-electron chi connectivity index (χ1n) is 7.59. The smallest absolute Gasteiger partial charge is 0.150 e. The van der Waals surface area contributed by atoms with E-state index in [1.165, 1.54) is 12.3 Å². The van der Waals surface area contributed by atoms with E-state index in [9.17, 15) is 12.8 Å². The fourth-order valence-corrected chi connectivity index (χ4v) is 6.36. The lowest BCUT2D eigenvalue weighted by molar-refractivity contribution is 0.170. The second kappa shape index (κ2) is 5.36. The highest BCUT2D eigenvalue weighted by Crippen LogP contribution is 2.55. The Morgan fingerprint density at radius 3 is 2.76 bits per heavy atom. The topological polar surface area (TPSA) is 46.2 Å². The van der Waals surface area contributed by atoms with Crippen molar-refractivity contribution in [1.82, 2.24) is 5.32 Å². The maximum absolute atomic E-state index is 14.3. The summed E-state index contributed by atoms with van der Waals surface area (Å²) in [6, 6.07) is 6.81. The van der Waals surface area contributed by atoms with E-state index in [1.807, 2.05) is 12.1 Å². The van der Waals surface area contributed by atoms with Crippen LogP contribution in [0.2, 0.25) is 0 Å². The van der Waals surface area contributed by atoms with Gasteiger partial charge in [-0.2, -0.15) is 0 Å². The molecule has 5 heteroatoms. The van der Waals surface area contributed by atoms with E-state index in [0.29, 0.717) is 18.5 Å². The molecule has 116 valence electrons. The SMILES string of the molecule is CS(=O)(=O)C1CCCC12CCNCC2c1ccccc1F. The number of hydrogen-bond donors (Lipinski definition) is 1. The first-order chi connectivity index (χ1) is 9.95. The number of nitrogens with one attached hydrogen (secondary N) is 1. The Labute approximate surface area is 125 Å². The van der Waals surface area contributed by atoms with Gasteiger partial charge in [0.05, 0.1) is 5.25 Å². The van der Waals surface area contributed by atoms with Gasteiger partial charge >= 0.3 is 0 Å². The van der Waals surface area contributed by atoms with Crippen LogP contribution in [0, 0.1) is 11.2 Å². The number of halogens is 1. The van der Waals surface area contributed by atoms with Crippen LogP contribution >= 0.6 is 0 Å². The molecule has 1 aromatic rings. The van der Waals surface area contributed by atoms with Crippen LogP contribution in [0.5, 0.6) is 0 Å². The molecule has 3 rings (SSSR count). The van der Waals surface area contributed by atoms with Crippen molar-refractivity contribution in [3.05, 3.63) is 35.6 Å². The van der Waals surface area contributed by atoms with Crippen molar-refractivity contribution >= 4 is 9.84 Å². The van der Waals surface area contributed by atoms with E-state index >= 15 is 0 Å². The largest absolute Gasteiger partial charge is 0.316 e. The van der Waals surface area contributed by atoms with Crippen molar-refractivity contribution < 1.29 is 12.8 Å². The Balaban J connectivity index is 2.08. The van der Waals surface area contributed by atoms with Gasteiger partial charge in [0.15, 0.2) is 9.84 Å². The molecule has 3 unspecified atom stereocenters. The van der Waals surface area contributed by atoms with Gasteiger partial charge in [-0.15, -0.1) is 0 Å². The van der Waals surface area contributed by atoms with E-state index in [2.05, 4.69) is 5.32 Å². The average molecular weight is 311 g/mol. The van der Waals surface area contributed by atoms with Crippen LogP contribution in [-0.4, -0.2) is 33.0 Å². The highest BCUT2D eigenvalue weighted by Gasteiger charge is 2.54. The maximum atomic E-state index is 14.3. The Bertz CT molecular complexity index is 631. The monoisotopic (exact) mass is 311 g/mol. The minimum atomic E-state index is -3.11. The van der Waals surface area contributed by atoms with Crippen LogP contribution in [0.3, 0.4) is 0 Å². The molecule has 1 spiro atoms. The number of rotatable bonds is 2. The summed E-state index contributed by atoms with van der Waals surface area (Å²) in [5, 5.41) is 2.99. The van der Waals surface area contributed by atoms with E-state index in [1.54, 1.807) is 6.07 Å². The average Bonchev–Trinajstić information content (AvgIpc) is 2.85. The molecule has 0 bridgehead atoms. The number of piperidine rings is 1. The Hall–Kier alpha value is -0.940. The third-order valence-electron chi connectivity index (χ3n) is 5.36. The molecule has 21 heavy (non-hydrogen) atoms. The molecule has 3 nitrogen and oxygen atoms in total. The molecule has 1 aromatic carbocycles. The second-order valence-corrected chi connectivity index (χ2v) is 8.70. The summed E-state index contributed by atoms with van der Waals surface area (Å²) in [4.78, 5) is 0. The zero-order valence-electron chi connectivity index (χ0n) is 12.3. The van der Waals surface area contributed by atoms with Crippen LogP contribution < -0.4 is 5.32 Å². The molecule has 1 heterocycles. The van der Waals surface area contributed by atoms with E-state index in [0.717, 1.165) is 25.8 Å². The standard InChI is InChI=1S/C16H22FNO2S/c1-21(19,20)15-7-4-8-16(15)9-10-18-11-13(16)12-5-2-3-6-14(12)17/h2-3,5-6,13,15,18H,4,7-11H2,1H3. The van der Waals surface area contributed by atoms with Gasteiger partial charge in [-0.3, -0.25) is 0 Å². The predicted molar refractivity (Wildman–Crippen MR) is 81.5 cm³/mol. The summed E-state index contributed by atoms with van der Waals surface area (Å²) in [7, 11) is -3.11. The fourth-order valence-electron chi connectivity index (χ4n) is 4.51. The summed E-state index contributed by atoms with van der Waals surface area (Å²) in [6.45, 7) is 1.48. The summed E-state index contributed by atoms with van der Waals surface area (Å²) in [5.41, 5.74) is 0.362. The quantitative estimate of drug-likeness (QED) is 0.913. The lowest BCUT2D eigenvalue weighted by Gasteiger charge is -2.45. The third kappa shape index (κ3) is 2.50. The van der Waals surface area contributed by atoms with E-state index < -0.39 is 9.84 Å². The molecule has 2 aliphatic rings. The molecule has 1 aliphatic carbocycles. The van der Waals surface area contributed by atoms with Crippen LogP contribution in [-0.2, 0) is 9.84 Å². The van der Waals surface area contributed by atoms with Gasteiger partial charge in [0.25, 0.3) is 0 Å². The third-order valence-corrected chi connectivity index (χ3v) is 7.10. The Morgan fingerprint density at radius 2 is 2.05 bits per heavy atom. The molecular formula is C16H22FNO2S. The molecule has 0 radical (unpaired) electrons. The van der Waals surface area contributed by atoms with Crippen molar-refractivity contribution in [2.24, 2.45) is 5.41 Å². The van der Waals surface area contributed by atoms with Gasteiger partial charge in [0.2, 0.25) is 0 Å². The summed E-state index contributed by atoms with van der Waals surface area (Å²) >= 11 is 0. The molecule has 2 fully saturated rings.